The van der Waals surface area contributed by atoms with Gasteiger partial charge in [-0.05, 0) is 25.5 Å². The van der Waals surface area contributed by atoms with Crippen molar-refractivity contribution in [2.75, 3.05) is 11.9 Å². The molecule has 0 aromatic heterocycles. The normalized spacial score (nSPS) is 11.9. The van der Waals surface area contributed by atoms with Gasteiger partial charge in [-0.2, -0.15) is 0 Å². The summed E-state index contributed by atoms with van der Waals surface area (Å²) >= 11 is 0. The predicted octanol–water partition coefficient (Wildman–Crippen LogP) is 2.50. The Bertz CT molecular complexity index is 395. The summed E-state index contributed by atoms with van der Waals surface area (Å²) in [6.07, 6.45) is 0.421. The van der Waals surface area contributed by atoms with E-state index in [1.807, 2.05) is 0 Å². The van der Waals surface area contributed by atoms with Crippen LogP contribution in [0.1, 0.15) is 20.3 Å². The van der Waals surface area contributed by atoms with Gasteiger partial charge in [0.15, 0.2) is 11.6 Å². The maximum absolute atomic E-state index is 13.5. The van der Waals surface area contributed by atoms with Gasteiger partial charge < -0.3 is 15.2 Å². The summed E-state index contributed by atoms with van der Waals surface area (Å²) in [6, 6.07) is 3.60. The second kappa shape index (κ2) is 6.08. The Morgan fingerprint density at radius 2 is 2.24 bits per heavy atom. The van der Waals surface area contributed by atoms with Crippen molar-refractivity contribution in [3.8, 4) is 5.75 Å². The molecule has 0 fully saturated rings. The maximum atomic E-state index is 13.5. The van der Waals surface area contributed by atoms with Crippen molar-refractivity contribution >= 4 is 11.7 Å². The summed E-state index contributed by atoms with van der Waals surface area (Å²) in [5, 5.41) is 11.6. The van der Waals surface area contributed by atoms with E-state index >= 15 is 0 Å². The molecule has 17 heavy (non-hydrogen) atoms. The average Bonchev–Trinajstić information content (AvgIpc) is 2.29. The molecular formula is C12H16FNO3. The summed E-state index contributed by atoms with van der Waals surface area (Å²) in [7, 11) is 0. The van der Waals surface area contributed by atoms with E-state index in [0.717, 1.165) is 0 Å². The number of carboxylic acids is 1. The molecule has 94 valence electrons. The Kier molecular flexibility index (Phi) is 4.75. The molecule has 5 heteroatoms. The van der Waals surface area contributed by atoms with Gasteiger partial charge in [0.1, 0.15) is 6.04 Å². The van der Waals surface area contributed by atoms with E-state index in [0.29, 0.717) is 18.7 Å². The molecule has 1 aromatic carbocycles. The predicted molar refractivity (Wildman–Crippen MR) is 62.9 cm³/mol. The zero-order valence-electron chi connectivity index (χ0n) is 9.87. The highest BCUT2D eigenvalue weighted by Gasteiger charge is 2.15. The third kappa shape index (κ3) is 3.62. The summed E-state index contributed by atoms with van der Waals surface area (Å²) in [5.41, 5.74) is 0.431. The Morgan fingerprint density at radius 3 is 2.71 bits per heavy atom. The van der Waals surface area contributed by atoms with Crippen LogP contribution in [0.4, 0.5) is 10.1 Å². The van der Waals surface area contributed by atoms with E-state index in [1.165, 1.54) is 12.1 Å². The van der Waals surface area contributed by atoms with Crippen LogP contribution in [0.5, 0.6) is 5.75 Å². The zero-order valence-corrected chi connectivity index (χ0v) is 9.87. The minimum atomic E-state index is -0.957. The Hall–Kier alpha value is -1.78. The van der Waals surface area contributed by atoms with E-state index in [2.05, 4.69) is 5.32 Å². The summed E-state index contributed by atoms with van der Waals surface area (Å²) < 4.78 is 18.5. The van der Waals surface area contributed by atoms with Crippen LogP contribution >= 0.6 is 0 Å². The largest absolute Gasteiger partial charge is 0.491 e. The number of rotatable bonds is 6. The number of hydrogen-bond donors (Lipinski definition) is 2. The fourth-order valence-electron chi connectivity index (χ4n) is 1.40. The SMILES string of the molecule is CCOc1ccc(NC(CC)C(=O)O)cc1F. The number of benzene rings is 1. The van der Waals surface area contributed by atoms with Crippen LogP contribution in [0.25, 0.3) is 0 Å². The first-order valence-corrected chi connectivity index (χ1v) is 5.50. The first kappa shape index (κ1) is 13.3. The number of nitrogens with one attached hydrogen (secondary N) is 1. The molecule has 1 rings (SSSR count). The van der Waals surface area contributed by atoms with Crippen molar-refractivity contribution in [1.29, 1.82) is 0 Å². The van der Waals surface area contributed by atoms with Crippen molar-refractivity contribution in [3.63, 3.8) is 0 Å². The van der Waals surface area contributed by atoms with E-state index in [1.54, 1.807) is 19.9 Å². The van der Waals surface area contributed by atoms with E-state index in [4.69, 9.17) is 9.84 Å². The Labute approximate surface area is 99.4 Å². The molecule has 4 nitrogen and oxygen atoms in total. The second-order valence-corrected chi connectivity index (χ2v) is 3.52. The fraction of sp³-hybridized carbons (Fsp3) is 0.417. The molecule has 0 amide bonds. The molecule has 0 spiro atoms. The first-order valence-electron chi connectivity index (χ1n) is 5.50. The van der Waals surface area contributed by atoms with Crippen LogP contribution in [0.2, 0.25) is 0 Å². The van der Waals surface area contributed by atoms with Crippen molar-refractivity contribution in [2.24, 2.45) is 0 Å². The van der Waals surface area contributed by atoms with Crippen molar-refractivity contribution in [3.05, 3.63) is 24.0 Å². The molecule has 0 aliphatic heterocycles. The highest BCUT2D eigenvalue weighted by atomic mass is 19.1. The lowest BCUT2D eigenvalue weighted by molar-refractivity contribution is -0.137. The fourth-order valence-corrected chi connectivity index (χ4v) is 1.40. The third-order valence-corrected chi connectivity index (χ3v) is 2.28. The lowest BCUT2D eigenvalue weighted by Gasteiger charge is -2.14. The smallest absolute Gasteiger partial charge is 0.326 e. The maximum Gasteiger partial charge on any atom is 0.326 e. The number of ether oxygens (including phenoxy) is 1. The molecule has 0 saturated carbocycles. The van der Waals surface area contributed by atoms with Crippen molar-refractivity contribution in [1.82, 2.24) is 0 Å². The molecule has 0 aliphatic carbocycles. The number of hydrogen-bond acceptors (Lipinski definition) is 3. The second-order valence-electron chi connectivity index (χ2n) is 3.52. The molecular weight excluding hydrogens is 225 g/mol. The van der Waals surface area contributed by atoms with Gasteiger partial charge in [-0.3, -0.25) is 0 Å². The van der Waals surface area contributed by atoms with Crippen LogP contribution in [0.3, 0.4) is 0 Å². The van der Waals surface area contributed by atoms with Crippen molar-refractivity contribution in [2.45, 2.75) is 26.3 Å². The lowest BCUT2D eigenvalue weighted by atomic mass is 10.2. The third-order valence-electron chi connectivity index (χ3n) is 2.28. The van der Waals surface area contributed by atoms with Crippen LogP contribution < -0.4 is 10.1 Å². The Morgan fingerprint density at radius 1 is 1.53 bits per heavy atom. The van der Waals surface area contributed by atoms with Gasteiger partial charge in [0.05, 0.1) is 6.61 Å². The van der Waals surface area contributed by atoms with Gasteiger partial charge in [0.2, 0.25) is 0 Å². The number of carboxylic acid groups (broad SMARTS) is 1. The molecule has 0 heterocycles. The zero-order chi connectivity index (χ0) is 12.8. The number of anilines is 1. The molecule has 2 N–H and O–H groups in total. The summed E-state index contributed by atoms with van der Waals surface area (Å²) in [6.45, 7) is 3.90. The average molecular weight is 241 g/mol. The molecule has 1 unspecified atom stereocenters. The minimum Gasteiger partial charge on any atom is -0.491 e. The van der Waals surface area contributed by atoms with Gasteiger partial charge in [0.25, 0.3) is 0 Å². The topological polar surface area (TPSA) is 58.6 Å². The number of carbonyl (C=O) groups is 1. The summed E-state index contributed by atoms with van der Waals surface area (Å²) in [4.78, 5) is 10.8. The highest BCUT2D eigenvalue weighted by molar-refractivity contribution is 5.77. The number of aliphatic carboxylic acids is 1. The molecule has 0 aliphatic rings. The van der Waals surface area contributed by atoms with E-state index in [-0.39, 0.29) is 5.75 Å². The van der Waals surface area contributed by atoms with Crippen LogP contribution in [-0.4, -0.2) is 23.7 Å². The minimum absolute atomic E-state index is 0.168. The highest BCUT2D eigenvalue weighted by Crippen LogP contribution is 2.21. The Balaban J connectivity index is 2.79. The molecule has 0 radical (unpaired) electrons. The van der Waals surface area contributed by atoms with Crippen molar-refractivity contribution < 1.29 is 19.0 Å². The van der Waals surface area contributed by atoms with E-state index < -0.39 is 17.8 Å². The van der Waals surface area contributed by atoms with Crippen LogP contribution in [0, 0.1) is 5.82 Å². The first-order chi connectivity index (χ1) is 8.08. The quantitative estimate of drug-likeness (QED) is 0.803. The molecule has 0 bridgehead atoms. The lowest BCUT2D eigenvalue weighted by Crippen LogP contribution is -2.28. The van der Waals surface area contributed by atoms with E-state index in [9.17, 15) is 9.18 Å². The van der Waals surface area contributed by atoms with Gasteiger partial charge in [-0.15, -0.1) is 0 Å². The molecule has 1 aromatic rings. The van der Waals surface area contributed by atoms with Crippen LogP contribution in [-0.2, 0) is 4.79 Å². The van der Waals surface area contributed by atoms with Gasteiger partial charge >= 0.3 is 5.97 Å². The summed E-state index contributed by atoms with van der Waals surface area (Å²) in [5.74, 6) is -1.29. The molecule has 0 saturated heterocycles. The number of halogens is 1. The van der Waals surface area contributed by atoms with Gasteiger partial charge in [0, 0.05) is 11.8 Å². The standard InChI is InChI=1S/C12H16FNO3/c1-3-10(12(15)16)14-8-5-6-11(17-4-2)9(13)7-8/h5-7,10,14H,3-4H2,1-2H3,(H,15,16). The molecule has 1 atom stereocenters. The van der Waals surface area contributed by atoms with Crippen LogP contribution in [0.15, 0.2) is 18.2 Å². The van der Waals surface area contributed by atoms with Gasteiger partial charge in [-0.25, -0.2) is 9.18 Å². The van der Waals surface area contributed by atoms with Gasteiger partial charge in [-0.1, -0.05) is 6.92 Å². The monoisotopic (exact) mass is 241 g/mol.